The highest BCUT2D eigenvalue weighted by molar-refractivity contribution is 5.93. The summed E-state index contributed by atoms with van der Waals surface area (Å²) in [5.74, 6) is -2.67. The molecule has 0 radical (unpaired) electrons. The van der Waals surface area contributed by atoms with Gasteiger partial charge < -0.3 is 38.3 Å². The van der Waals surface area contributed by atoms with E-state index in [4.69, 9.17) is 17.2 Å². The Hall–Kier alpha value is -2.24. The molecule has 0 aliphatic rings. The maximum atomic E-state index is 12.8. The Kier molecular flexibility index (Phi) is 15.3. The highest BCUT2D eigenvalue weighted by Gasteiger charge is 2.28. The highest BCUT2D eigenvalue weighted by Crippen LogP contribution is 2.07. The van der Waals surface area contributed by atoms with Crippen LogP contribution in [0.25, 0.3) is 0 Å². The average molecular weight is 459 g/mol. The Morgan fingerprint density at radius 3 is 1.78 bits per heavy atom. The molecular formula is C21H42N6O5. The van der Waals surface area contributed by atoms with Crippen LogP contribution in [0.5, 0.6) is 0 Å². The van der Waals surface area contributed by atoms with Gasteiger partial charge in [0.05, 0.1) is 6.04 Å². The van der Waals surface area contributed by atoms with Gasteiger partial charge in [0.1, 0.15) is 18.1 Å². The molecule has 4 unspecified atom stereocenters. The Labute approximate surface area is 190 Å². The van der Waals surface area contributed by atoms with Crippen LogP contribution in [0.4, 0.5) is 0 Å². The first-order valence-corrected chi connectivity index (χ1v) is 11.3. The molecule has 0 aliphatic heterocycles. The molecule has 3 amide bonds. The fourth-order valence-corrected chi connectivity index (χ4v) is 3.05. The summed E-state index contributed by atoms with van der Waals surface area (Å²) in [5, 5.41) is 16.9. The molecule has 11 heteroatoms. The van der Waals surface area contributed by atoms with E-state index < -0.39 is 47.9 Å². The molecule has 10 N–H and O–H groups in total. The minimum atomic E-state index is -1.14. The predicted molar refractivity (Wildman–Crippen MR) is 122 cm³/mol. The van der Waals surface area contributed by atoms with E-state index >= 15 is 0 Å². The fraction of sp³-hybridized carbons (Fsp3) is 0.810. The van der Waals surface area contributed by atoms with Gasteiger partial charge in [-0.2, -0.15) is 0 Å². The number of hydrogen-bond acceptors (Lipinski definition) is 7. The van der Waals surface area contributed by atoms with Gasteiger partial charge >= 0.3 is 5.97 Å². The van der Waals surface area contributed by atoms with Crippen LogP contribution in [0.15, 0.2) is 0 Å². The SMILES string of the molecule is CC(C)CC(NC(=O)C(C)NC(=O)C(CCCCN)NC(=O)C(N)CCCCN)C(=O)O. The summed E-state index contributed by atoms with van der Waals surface area (Å²) in [5.41, 5.74) is 16.9. The summed E-state index contributed by atoms with van der Waals surface area (Å²) in [6.45, 7) is 6.12. The lowest BCUT2D eigenvalue weighted by Crippen LogP contribution is -2.56. The van der Waals surface area contributed by atoms with E-state index in [-0.39, 0.29) is 12.3 Å². The van der Waals surface area contributed by atoms with Crippen LogP contribution >= 0.6 is 0 Å². The first-order valence-electron chi connectivity index (χ1n) is 11.3. The molecule has 0 aromatic heterocycles. The number of aliphatic carboxylic acids is 1. The van der Waals surface area contributed by atoms with Crippen molar-refractivity contribution < 1.29 is 24.3 Å². The van der Waals surface area contributed by atoms with Crippen molar-refractivity contribution in [2.45, 2.75) is 89.9 Å². The maximum Gasteiger partial charge on any atom is 0.326 e. The molecule has 0 bridgehead atoms. The van der Waals surface area contributed by atoms with E-state index in [1.54, 1.807) is 0 Å². The zero-order valence-electron chi connectivity index (χ0n) is 19.6. The molecule has 32 heavy (non-hydrogen) atoms. The third kappa shape index (κ3) is 12.6. The van der Waals surface area contributed by atoms with E-state index in [2.05, 4.69) is 16.0 Å². The number of hydrogen-bond donors (Lipinski definition) is 7. The van der Waals surface area contributed by atoms with E-state index in [1.807, 2.05) is 13.8 Å². The Morgan fingerprint density at radius 2 is 1.28 bits per heavy atom. The highest BCUT2D eigenvalue weighted by atomic mass is 16.4. The minimum absolute atomic E-state index is 0.0671. The maximum absolute atomic E-state index is 12.8. The molecule has 4 atom stereocenters. The van der Waals surface area contributed by atoms with Gasteiger partial charge in [-0.1, -0.05) is 20.3 Å². The number of amides is 3. The topological polar surface area (TPSA) is 203 Å². The van der Waals surface area contributed by atoms with Gasteiger partial charge in [-0.3, -0.25) is 14.4 Å². The molecule has 0 spiro atoms. The largest absolute Gasteiger partial charge is 0.480 e. The van der Waals surface area contributed by atoms with Gasteiger partial charge in [0.2, 0.25) is 17.7 Å². The van der Waals surface area contributed by atoms with Gasteiger partial charge in [-0.25, -0.2) is 4.79 Å². The van der Waals surface area contributed by atoms with Gasteiger partial charge in [0.15, 0.2) is 0 Å². The number of carbonyl (C=O) groups excluding carboxylic acids is 3. The van der Waals surface area contributed by atoms with Gasteiger partial charge in [-0.05, 0) is 64.5 Å². The summed E-state index contributed by atoms with van der Waals surface area (Å²) in [6, 6.07) is -3.67. The van der Waals surface area contributed by atoms with E-state index in [1.165, 1.54) is 6.92 Å². The lowest BCUT2D eigenvalue weighted by Gasteiger charge is -2.24. The second-order valence-corrected chi connectivity index (χ2v) is 8.50. The van der Waals surface area contributed by atoms with Gasteiger partial charge in [0, 0.05) is 0 Å². The molecule has 0 saturated heterocycles. The normalized spacial score (nSPS) is 14.8. The van der Waals surface area contributed by atoms with Gasteiger partial charge in [-0.15, -0.1) is 0 Å². The molecule has 0 heterocycles. The third-order valence-corrected chi connectivity index (χ3v) is 4.96. The summed E-state index contributed by atoms with van der Waals surface area (Å²) >= 11 is 0. The molecule has 0 aromatic rings. The van der Waals surface area contributed by atoms with Crippen molar-refractivity contribution in [3.05, 3.63) is 0 Å². The van der Waals surface area contributed by atoms with Crippen molar-refractivity contribution in [1.82, 2.24) is 16.0 Å². The van der Waals surface area contributed by atoms with Crippen LogP contribution in [0.2, 0.25) is 0 Å². The van der Waals surface area contributed by atoms with Crippen molar-refractivity contribution in [2.24, 2.45) is 23.1 Å². The number of carboxylic acid groups (broad SMARTS) is 1. The van der Waals surface area contributed by atoms with Crippen LogP contribution in [0, 0.1) is 5.92 Å². The molecule has 0 saturated carbocycles. The summed E-state index contributed by atoms with van der Waals surface area (Å²) in [6.07, 6.45) is 3.79. The van der Waals surface area contributed by atoms with E-state index in [0.717, 1.165) is 6.42 Å². The molecule has 11 nitrogen and oxygen atoms in total. The number of carboxylic acids is 1. The fourth-order valence-electron chi connectivity index (χ4n) is 3.05. The Morgan fingerprint density at radius 1 is 0.750 bits per heavy atom. The first kappa shape index (κ1) is 29.8. The van der Waals surface area contributed by atoms with Crippen LogP contribution < -0.4 is 33.2 Å². The lowest BCUT2D eigenvalue weighted by molar-refractivity contribution is -0.142. The standard InChI is InChI=1S/C21H42N6O5/c1-13(2)12-17(21(31)32)27-18(28)14(3)25-20(30)16(9-5-7-11-23)26-19(29)15(24)8-4-6-10-22/h13-17H,4-12,22-24H2,1-3H3,(H,25,30)(H,26,29)(H,27,28)(H,31,32). The molecule has 0 aliphatic carbocycles. The number of nitrogens with one attached hydrogen (secondary N) is 3. The van der Waals surface area contributed by atoms with E-state index in [0.29, 0.717) is 45.2 Å². The van der Waals surface area contributed by atoms with Crippen molar-refractivity contribution in [2.75, 3.05) is 13.1 Å². The van der Waals surface area contributed by atoms with Crippen molar-refractivity contribution in [3.63, 3.8) is 0 Å². The van der Waals surface area contributed by atoms with Crippen LogP contribution in [-0.4, -0.2) is 66.1 Å². The van der Waals surface area contributed by atoms with Crippen molar-refractivity contribution in [1.29, 1.82) is 0 Å². The molecule has 0 rings (SSSR count). The third-order valence-electron chi connectivity index (χ3n) is 4.96. The summed E-state index contributed by atoms with van der Waals surface area (Å²) in [7, 11) is 0. The zero-order valence-corrected chi connectivity index (χ0v) is 19.6. The van der Waals surface area contributed by atoms with Crippen LogP contribution in [-0.2, 0) is 19.2 Å². The average Bonchev–Trinajstić information content (AvgIpc) is 2.71. The second-order valence-electron chi connectivity index (χ2n) is 8.50. The monoisotopic (exact) mass is 458 g/mol. The smallest absolute Gasteiger partial charge is 0.326 e. The van der Waals surface area contributed by atoms with Gasteiger partial charge in [0.25, 0.3) is 0 Å². The van der Waals surface area contributed by atoms with E-state index in [9.17, 15) is 24.3 Å². The minimum Gasteiger partial charge on any atom is -0.480 e. The number of unbranched alkanes of at least 4 members (excludes halogenated alkanes) is 2. The number of rotatable bonds is 17. The first-order chi connectivity index (χ1) is 15.0. The van der Waals surface area contributed by atoms with Crippen molar-refractivity contribution >= 4 is 23.7 Å². The molecule has 0 aromatic carbocycles. The summed E-state index contributed by atoms with van der Waals surface area (Å²) < 4.78 is 0. The molecular weight excluding hydrogens is 416 g/mol. The lowest BCUT2D eigenvalue weighted by atomic mass is 10.0. The molecule has 186 valence electrons. The Bertz CT molecular complexity index is 601. The predicted octanol–water partition coefficient (Wildman–Crippen LogP) is -0.823. The van der Waals surface area contributed by atoms with Crippen molar-refractivity contribution in [3.8, 4) is 0 Å². The quantitative estimate of drug-likeness (QED) is 0.137. The number of nitrogens with two attached hydrogens (primary N) is 3. The number of carbonyl (C=O) groups is 4. The zero-order chi connectivity index (χ0) is 24.7. The van der Waals surface area contributed by atoms with Crippen LogP contribution in [0.3, 0.4) is 0 Å². The molecule has 0 fully saturated rings. The summed E-state index contributed by atoms with van der Waals surface area (Å²) in [4.78, 5) is 49.0. The van der Waals surface area contributed by atoms with Crippen LogP contribution in [0.1, 0.15) is 65.7 Å². The Balaban J connectivity index is 5.01. The second kappa shape index (κ2) is 16.4.